The minimum absolute atomic E-state index is 0.0879. The number of carbonyl (C=O) groups is 2. The number of carboxylic acids is 1. The number of hydrogen-bond donors (Lipinski definition) is 2. The number of likely N-dealkylation sites (tertiary alicyclic amines) is 1. The smallest absolute Gasteiger partial charge is 0.327 e. The summed E-state index contributed by atoms with van der Waals surface area (Å²) in [6.07, 6.45) is 4.58. The Morgan fingerprint density at radius 3 is 2.67 bits per heavy atom. The number of aliphatic hydroxyl groups is 1. The van der Waals surface area contributed by atoms with Crippen molar-refractivity contribution in [3.05, 3.63) is 12.2 Å². The first kappa shape index (κ1) is 23.1. The highest BCUT2D eigenvalue weighted by Gasteiger charge is 2.52. The second-order valence-corrected chi connectivity index (χ2v) is 7.02. The maximum atomic E-state index is 13.8. The number of aliphatic carboxylic acids is 1. The monoisotopic (exact) mass is 385 g/mol. The van der Waals surface area contributed by atoms with Gasteiger partial charge in [0.25, 0.3) is 5.91 Å². The summed E-state index contributed by atoms with van der Waals surface area (Å²) in [5.74, 6) is 0.0706. The van der Waals surface area contributed by atoms with Crippen LogP contribution in [0.4, 0.5) is 8.78 Å². The van der Waals surface area contributed by atoms with Crippen LogP contribution in [0.2, 0.25) is 0 Å². The number of rotatable bonds is 11. The van der Waals surface area contributed by atoms with Gasteiger partial charge in [-0.25, -0.2) is 0 Å². The standard InChI is InChI=1S/C20H29F2NO4/c1-3-4-9-15(2)17(24)12-11-16-14-20(21,22)19(27)23(16)13-8-6-5-7-10-18(25)26/h11-12,15-17,24H,5-10,13-14H2,1-2H3,(H,25,26)/t15?,16-,17-/m0/s1. The molecule has 0 aromatic carbocycles. The zero-order chi connectivity index (χ0) is 20.4. The maximum absolute atomic E-state index is 13.8. The molecule has 0 bridgehead atoms. The first-order chi connectivity index (χ1) is 12.7. The summed E-state index contributed by atoms with van der Waals surface area (Å²) in [4.78, 5) is 23.6. The van der Waals surface area contributed by atoms with Gasteiger partial charge < -0.3 is 15.1 Å². The third-order valence-electron chi connectivity index (χ3n) is 4.69. The molecule has 1 heterocycles. The van der Waals surface area contributed by atoms with Crippen LogP contribution in [0.3, 0.4) is 0 Å². The van der Waals surface area contributed by atoms with E-state index in [0.717, 1.165) is 4.90 Å². The molecule has 0 saturated carbocycles. The number of alkyl halides is 2. The molecule has 0 aliphatic carbocycles. The Hall–Kier alpha value is -1.94. The molecule has 1 amide bonds. The van der Waals surface area contributed by atoms with E-state index < -0.39 is 36.4 Å². The van der Waals surface area contributed by atoms with Crippen LogP contribution in [0, 0.1) is 17.8 Å². The van der Waals surface area contributed by atoms with Gasteiger partial charge in [-0.15, -0.1) is 11.8 Å². The summed E-state index contributed by atoms with van der Waals surface area (Å²) in [6.45, 7) is 3.73. The van der Waals surface area contributed by atoms with Gasteiger partial charge in [0.2, 0.25) is 0 Å². The van der Waals surface area contributed by atoms with E-state index in [4.69, 9.17) is 5.11 Å². The van der Waals surface area contributed by atoms with Crippen molar-refractivity contribution in [2.45, 2.75) is 76.9 Å². The molecule has 1 fully saturated rings. The molecule has 1 rings (SSSR count). The van der Waals surface area contributed by atoms with E-state index in [9.17, 15) is 23.5 Å². The molecule has 5 nitrogen and oxygen atoms in total. The number of amides is 1. The highest BCUT2D eigenvalue weighted by atomic mass is 19.3. The van der Waals surface area contributed by atoms with Crippen LogP contribution in [0.5, 0.6) is 0 Å². The molecule has 0 spiro atoms. The summed E-state index contributed by atoms with van der Waals surface area (Å²) >= 11 is 0. The van der Waals surface area contributed by atoms with Crippen LogP contribution in [-0.2, 0) is 9.59 Å². The Bertz CT molecular complexity index is 595. The van der Waals surface area contributed by atoms with Crippen LogP contribution in [0.25, 0.3) is 0 Å². The Balaban J connectivity index is 2.59. The van der Waals surface area contributed by atoms with Crippen LogP contribution in [0.1, 0.15) is 58.8 Å². The van der Waals surface area contributed by atoms with Gasteiger partial charge in [0.05, 0.1) is 12.1 Å². The van der Waals surface area contributed by atoms with Crippen molar-refractivity contribution >= 4 is 11.9 Å². The fourth-order valence-electron chi connectivity index (χ4n) is 2.99. The van der Waals surface area contributed by atoms with E-state index in [1.165, 1.54) is 12.2 Å². The normalized spacial score (nSPS) is 21.1. The number of halogens is 2. The number of aliphatic hydroxyl groups excluding tert-OH is 1. The highest BCUT2D eigenvalue weighted by molar-refractivity contribution is 5.86. The Kier molecular flexibility index (Phi) is 9.44. The SMILES string of the molecule is CC#CCC(C)[C@@H](O)C=C[C@H]1CC(F)(F)C(=O)N1CCCCCCC(=O)O. The zero-order valence-electron chi connectivity index (χ0n) is 16.0. The lowest BCUT2D eigenvalue weighted by Crippen LogP contribution is -2.36. The lowest BCUT2D eigenvalue weighted by Gasteiger charge is -2.22. The molecular weight excluding hydrogens is 356 g/mol. The zero-order valence-corrected chi connectivity index (χ0v) is 16.0. The Labute approximate surface area is 159 Å². The topological polar surface area (TPSA) is 77.8 Å². The van der Waals surface area contributed by atoms with E-state index in [0.29, 0.717) is 32.1 Å². The minimum atomic E-state index is -3.39. The fourth-order valence-corrected chi connectivity index (χ4v) is 2.99. The van der Waals surface area contributed by atoms with Crippen LogP contribution < -0.4 is 0 Å². The van der Waals surface area contributed by atoms with Gasteiger partial charge >= 0.3 is 11.9 Å². The second-order valence-electron chi connectivity index (χ2n) is 7.02. The predicted octanol–water partition coefficient (Wildman–Crippen LogP) is 3.22. The number of unbranched alkanes of at least 4 members (excludes halogenated alkanes) is 3. The van der Waals surface area contributed by atoms with Crippen molar-refractivity contribution in [3.63, 3.8) is 0 Å². The van der Waals surface area contributed by atoms with Gasteiger partial charge in [0, 0.05) is 25.8 Å². The molecule has 0 radical (unpaired) electrons. The number of nitrogens with zero attached hydrogens (tertiary/aromatic N) is 1. The predicted molar refractivity (Wildman–Crippen MR) is 98.2 cm³/mol. The summed E-state index contributed by atoms with van der Waals surface area (Å²) < 4.78 is 27.7. The Morgan fingerprint density at radius 2 is 2.04 bits per heavy atom. The Morgan fingerprint density at radius 1 is 1.37 bits per heavy atom. The van der Waals surface area contributed by atoms with Crippen molar-refractivity contribution in [2.75, 3.05) is 6.54 Å². The summed E-state index contributed by atoms with van der Waals surface area (Å²) in [5, 5.41) is 18.7. The molecule has 2 N–H and O–H groups in total. The highest BCUT2D eigenvalue weighted by Crippen LogP contribution is 2.34. The summed E-state index contributed by atoms with van der Waals surface area (Å²) in [5.41, 5.74) is 0. The first-order valence-corrected chi connectivity index (χ1v) is 9.35. The molecule has 0 aromatic rings. The average molecular weight is 385 g/mol. The molecule has 1 aliphatic heterocycles. The largest absolute Gasteiger partial charge is 0.481 e. The van der Waals surface area contributed by atoms with E-state index in [-0.39, 0.29) is 18.9 Å². The molecular formula is C20H29F2NO4. The van der Waals surface area contributed by atoms with Crippen molar-refractivity contribution in [1.82, 2.24) is 4.90 Å². The quantitative estimate of drug-likeness (QED) is 0.325. The lowest BCUT2D eigenvalue weighted by molar-refractivity contribution is -0.148. The second kappa shape index (κ2) is 11.0. The van der Waals surface area contributed by atoms with E-state index in [1.54, 1.807) is 6.92 Å². The molecule has 1 aliphatic rings. The van der Waals surface area contributed by atoms with Gasteiger partial charge in [-0.05, 0) is 25.7 Å². The van der Waals surface area contributed by atoms with Crippen molar-refractivity contribution < 1.29 is 28.6 Å². The minimum Gasteiger partial charge on any atom is -0.481 e. The van der Waals surface area contributed by atoms with Gasteiger partial charge in [-0.3, -0.25) is 9.59 Å². The van der Waals surface area contributed by atoms with Gasteiger partial charge in [-0.2, -0.15) is 8.78 Å². The van der Waals surface area contributed by atoms with Crippen molar-refractivity contribution in [2.24, 2.45) is 5.92 Å². The average Bonchev–Trinajstić information content (AvgIpc) is 2.82. The summed E-state index contributed by atoms with van der Waals surface area (Å²) in [6, 6.07) is -0.745. The van der Waals surface area contributed by atoms with Crippen LogP contribution >= 0.6 is 0 Å². The number of carboxylic acid groups (broad SMARTS) is 1. The molecule has 0 aromatic heterocycles. The summed E-state index contributed by atoms with van der Waals surface area (Å²) in [7, 11) is 0. The number of carbonyl (C=O) groups excluding carboxylic acids is 1. The lowest BCUT2D eigenvalue weighted by atomic mass is 10.00. The van der Waals surface area contributed by atoms with Crippen LogP contribution in [-0.4, -0.2) is 51.6 Å². The third-order valence-corrected chi connectivity index (χ3v) is 4.69. The molecule has 3 atom stereocenters. The molecule has 7 heteroatoms. The third kappa shape index (κ3) is 7.67. The number of hydrogen-bond acceptors (Lipinski definition) is 3. The molecule has 1 unspecified atom stereocenters. The molecule has 27 heavy (non-hydrogen) atoms. The van der Waals surface area contributed by atoms with Crippen molar-refractivity contribution in [3.8, 4) is 11.8 Å². The maximum Gasteiger partial charge on any atom is 0.327 e. The van der Waals surface area contributed by atoms with Gasteiger partial charge in [0.1, 0.15) is 0 Å². The van der Waals surface area contributed by atoms with E-state index in [2.05, 4.69) is 11.8 Å². The van der Waals surface area contributed by atoms with Gasteiger partial charge in [-0.1, -0.05) is 31.9 Å². The van der Waals surface area contributed by atoms with E-state index >= 15 is 0 Å². The first-order valence-electron chi connectivity index (χ1n) is 9.35. The molecule has 1 saturated heterocycles. The fraction of sp³-hybridized carbons (Fsp3) is 0.700. The van der Waals surface area contributed by atoms with E-state index in [1.807, 2.05) is 6.92 Å². The van der Waals surface area contributed by atoms with Crippen LogP contribution in [0.15, 0.2) is 12.2 Å². The van der Waals surface area contributed by atoms with Crippen molar-refractivity contribution in [1.29, 1.82) is 0 Å². The van der Waals surface area contributed by atoms with Gasteiger partial charge in [0.15, 0.2) is 0 Å². The molecule has 152 valence electrons.